The van der Waals surface area contributed by atoms with Crippen molar-refractivity contribution in [2.75, 3.05) is 5.75 Å². The highest BCUT2D eigenvalue weighted by Crippen LogP contribution is 2.29. The molecule has 0 radical (unpaired) electrons. The van der Waals surface area contributed by atoms with Crippen molar-refractivity contribution in [3.05, 3.63) is 24.2 Å². The van der Waals surface area contributed by atoms with Gasteiger partial charge in [-0.05, 0) is 30.7 Å². The summed E-state index contributed by atoms with van der Waals surface area (Å²) in [5, 5.41) is 10.3. The van der Waals surface area contributed by atoms with Gasteiger partial charge in [-0.25, -0.2) is 0 Å². The Labute approximate surface area is 82.3 Å². The topological polar surface area (TPSA) is 33.4 Å². The molecule has 1 N–H and O–H groups in total. The van der Waals surface area contributed by atoms with Crippen molar-refractivity contribution in [2.24, 2.45) is 0 Å². The SMILES string of the molecule is OC(Cc1ccco1)C1CCCS1. The molecule has 0 bridgehead atoms. The second-order valence-electron chi connectivity index (χ2n) is 3.40. The first kappa shape index (κ1) is 9.16. The second kappa shape index (κ2) is 4.20. The largest absolute Gasteiger partial charge is 0.469 e. The molecule has 0 aromatic carbocycles. The van der Waals surface area contributed by atoms with E-state index in [4.69, 9.17) is 4.42 Å². The van der Waals surface area contributed by atoms with Gasteiger partial charge in [-0.2, -0.15) is 11.8 Å². The average Bonchev–Trinajstić information content (AvgIpc) is 2.74. The summed E-state index contributed by atoms with van der Waals surface area (Å²) in [6.45, 7) is 0. The third-order valence-corrected chi connectivity index (χ3v) is 3.89. The Balaban J connectivity index is 1.87. The lowest BCUT2D eigenvalue weighted by Gasteiger charge is -2.15. The minimum atomic E-state index is -0.237. The van der Waals surface area contributed by atoms with Gasteiger partial charge in [0.1, 0.15) is 5.76 Å². The summed E-state index contributed by atoms with van der Waals surface area (Å²) >= 11 is 1.88. The standard InChI is InChI=1S/C10H14O2S/c11-9(10-4-2-6-13-10)7-8-3-1-5-12-8/h1,3,5,9-11H,2,4,6-7H2. The predicted octanol–water partition coefficient (Wildman–Crippen LogP) is 2.08. The van der Waals surface area contributed by atoms with Crippen molar-refractivity contribution in [1.82, 2.24) is 0 Å². The molecule has 1 fully saturated rings. The zero-order valence-corrected chi connectivity index (χ0v) is 8.30. The molecule has 1 aromatic rings. The van der Waals surface area contributed by atoms with E-state index in [0.29, 0.717) is 11.7 Å². The van der Waals surface area contributed by atoms with Crippen LogP contribution in [-0.4, -0.2) is 22.2 Å². The maximum atomic E-state index is 9.84. The molecule has 72 valence electrons. The number of hydrogen-bond donors (Lipinski definition) is 1. The molecule has 0 amide bonds. The van der Waals surface area contributed by atoms with Gasteiger partial charge in [0.25, 0.3) is 0 Å². The Morgan fingerprint density at radius 1 is 1.69 bits per heavy atom. The number of hydrogen-bond acceptors (Lipinski definition) is 3. The molecule has 2 rings (SSSR count). The normalized spacial score (nSPS) is 24.8. The number of aliphatic hydroxyl groups is 1. The lowest BCUT2D eigenvalue weighted by molar-refractivity contribution is 0.163. The van der Waals surface area contributed by atoms with Gasteiger partial charge in [0.05, 0.1) is 12.4 Å². The zero-order chi connectivity index (χ0) is 9.10. The van der Waals surface area contributed by atoms with Gasteiger partial charge >= 0.3 is 0 Å². The second-order valence-corrected chi connectivity index (χ2v) is 4.75. The highest BCUT2D eigenvalue weighted by atomic mass is 32.2. The Morgan fingerprint density at radius 2 is 2.62 bits per heavy atom. The fraction of sp³-hybridized carbons (Fsp3) is 0.600. The Morgan fingerprint density at radius 3 is 3.23 bits per heavy atom. The van der Waals surface area contributed by atoms with Crippen molar-refractivity contribution in [1.29, 1.82) is 0 Å². The number of aliphatic hydroxyl groups excluding tert-OH is 1. The van der Waals surface area contributed by atoms with E-state index in [1.165, 1.54) is 12.2 Å². The summed E-state index contributed by atoms with van der Waals surface area (Å²) < 4.78 is 5.19. The van der Waals surface area contributed by atoms with Crippen LogP contribution in [0.4, 0.5) is 0 Å². The van der Waals surface area contributed by atoms with E-state index in [-0.39, 0.29) is 6.10 Å². The maximum absolute atomic E-state index is 9.84. The molecule has 0 saturated carbocycles. The molecule has 3 heteroatoms. The van der Waals surface area contributed by atoms with Gasteiger partial charge in [-0.3, -0.25) is 0 Å². The van der Waals surface area contributed by atoms with Gasteiger partial charge < -0.3 is 9.52 Å². The fourth-order valence-corrected chi connectivity index (χ4v) is 2.96. The molecule has 2 nitrogen and oxygen atoms in total. The van der Waals surface area contributed by atoms with Crippen molar-refractivity contribution in [3.8, 4) is 0 Å². The molecule has 1 aliphatic heterocycles. The van der Waals surface area contributed by atoms with Gasteiger partial charge in [-0.15, -0.1) is 0 Å². The summed E-state index contributed by atoms with van der Waals surface area (Å²) in [6, 6.07) is 3.78. The molecule has 2 atom stereocenters. The molecule has 2 unspecified atom stereocenters. The summed E-state index contributed by atoms with van der Waals surface area (Å²) in [5.41, 5.74) is 0. The Hall–Kier alpha value is -0.410. The Bertz CT molecular complexity index is 239. The minimum absolute atomic E-state index is 0.237. The summed E-state index contributed by atoms with van der Waals surface area (Å²) in [5.74, 6) is 2.08. The lowest BCUT2D eigenvalue weighted by Crippen LogP contribution is -2.22. The van der Waals surface area contributed by atoms with E-state index >= 15 is 0 Å². The highest BCUT2D eigenvalue weighted by Gasteiger charge is 2.24. The molecule has 1 aliphatic rings. The molecule has 2 heterocycles. The van der Waals surface area contributed by atoms with Crippen molar-refractivity contribution in [3.63, 3.8) is 0 Å². The van der Waals surface area contributed by atoms with Crippen LogP contribution in [0.15, 0.2) is 22.8 Å². The highest BCUT2D eigenvalue weighted by molar-refractivity contribution is 8.00. The van der Waals surface area contributed by atoms with Crippen LogP contribution in [0, 0.1) is 0 Å². The van der Waals surface area contributed by atoms with Gasteiger partial charge in [0.15, 0.2) is 0 Å². The van der Waals surface area contributed by atoms with Crippen LogP contribution >= 0.6 is 11.8 Å². The molecular weight excluding hydrogens is 184 g/mol. The third kappa shape index (κ3) is 2.29. The maximum Gasteiger partial charge on any atom is 0.106 e. The van der Waals surface area contributed by atoms with Gasteiger partial charge in [0, 0.05) is 11.7 Å². The van der Waals surface area contributed by atoms with Crippen LogP contribution in [-0.2, 0) is 6.42 Å². The molecule has 1 saturated heterocycles. The first-order chi connectivity index (χ1) is 6.36. The molecule has 0 spiro atoms. The molecule has 13 heavy (non-hydrogen) atoms. The van der Waals surface area contributed by atoms with Crippen molar-refractivity contribution >= 4 is 11.8 Å². The van der Waals surface area contributed by atoms with Crippen LogP contribution in [0.5, 0.6) is 0 Å². The minimum Gasteiger partial charge on any atom is -0.469 e. The number of furan rings is 1. The van der Waals surface area contributed by atoms with Gasteiger partial charge in [0.2, 0.25) is 0 Å². The van der Waals surface area contributed by atoms with Crippen LogP contribution in [0.2, 0.25) is 0 Å². The van der Waals surface area contributed by atoms with Crippen molar-refractivity contribution in [2.45, 2.75) is 30.6 Å². The zero-order valence-electron chi connectivity index (χ0n) is 7.48. The van der Waals surface area contributed by atoms with E-state index in [1.807, 2.05) is 23.9 Å². The van der Waals surface area contributed by atoms with Crippen LogP contribution in [0.25, 0.3) is 0 Å². The lowest BCUT2D eigenvalue weighted by atomic mass is 10.1. The quantitative estimate of drug-likeness (QED) is 0.807. The first-order valence-electron chi connectivity index (χ1n) is 4.68. The summed E-state index contributed by atoms with van der Waals surface area (Å²) in [6.07, 6.45) is 4.46. The smallest absolute Gasteiger partial charge is 0.106 e. The van der Waals surface area contributed by atoms with Crippen LogP contribution in [0.1, 0.15) is 18.6 Å². The van der Waals surface area contributed by atoms with E-state index in [0.717, 1.165) is 12.2 Å². The van der Waals surface area contributed by atoms with E-state index in [1.54, 1.807) is 6.26 Å². The fourth-order valence-electron chi connectivity index (χ4n) is 1.67. The summed E-state index contributed by atoms with van der Waals surface area (Å²) in [4.78, 5) is 0. The predicted molar refractivity (Wildman–Crippen MR) is 53.9 cm³/mol. The Kier molecular flexibility index (Phi) is 2.96. The summed E-state index contributed by atoms with van der Waals surface area (Å²) in [7, 11) is 0. The third-order valence-electron chi connectivity index (χ3n) is 2.38. The van der Waals surface area contributed by atoms with E-state index in [2.05, 4.69) is 0 Å². The monoisotopic (exact) mass is 198 g/mol. The molecular formula is C10H14O2S. The van der Waals surface area contributed by atoms with Gasteiger partial charge in [-0.1, -0.05) is 0 Å². The van der Waals surface area contributed by atoms with Crippen LogP contribution < -0.4 is 0 Å². The van der Waals surface area contributed by atoms with E-state index < -0.39 is 0 Å². The number of rotatable bonds is 3. The van der Waals surface area contributed by atoms with E-state index in [9.17, 15) is 5.11 Å². The average molecular weight is 198 g/mol. The molecule has 1 aromatic heterocycles. The van der Waals surface area contributed by atoms with Crippen LogP contribution in [0.3, 0.4) is 0 Å². The van der Waals surface area contributed by atoms with Crippen molar-refractivity contribution < 1.29 is 9.52 Å². The molecule has 0 aliphatic carbocycles. The number of thioether (sulfide) groups is 1. The first-order valence-corrected chi connectivity index (χ1v) is 5.73.